The van der Waals surface area contributed by atoms with Crippen LogP contribution in [0, 0.1) is 22.7 Å². The van der Waals surface area contributed by atoms with Crippen LogP contribution in [0.4, 0.5) is 21.0 Å². The van der Waals surface area contributed by atoms with Gasteiger partial charge in [-0.3, -0.25) is 47.9 Å². The second-order valence-corrected chi connectivity index (χ2v) is 25.2. The summed E-state index contributed by atoms with van der Waals surface area (Å²) < 4.78 is 11.0. The van der Waals surface area contributed by atoms with Crippen molar-refractivity contribution >= 4 is 121 Å². The van der Waals surface area contributed by atoms with E-state index in [1.807, 2.05) is 22.6 Å². The molecule has 14 N–H and O–H groups in total. The van der Waals surface area contributed by atoms with Gasteiger partial charge in [0.1, 0.15) is 37.4 Å². The van der Waals surface area contributed by atoms with Crippen molar-refractivity contribution in [2.24, 2.45) is 34.1 Å². The number of carbonyl (C=O) groups excluding carboxylic acids is 12. The fraction of sp³-hybridized carbons (Fsp3) is 0.607. The number of esters is 2. The van der Waals surface area contributed by atoms with Crippen LogP contribution in [0.15, 0.2) is 48.5 Å². The Morgan fingerprint density at radius 2 is 0.809 bits per heavy atom. The number of nitrogens with two attached hydrogens (primary N) is 2. The third-order valence-corrected chi connectivity index (χ3v) is 14.1. The molecule has 0 aliphatic rings. The van der Waals surface area contributed by atoms with Crippen LogP contribution in [0.2, 0.25) is 0 Å². The number of nitrogens with one attached hydrogen (secondary N) is 10. The van der Waals surface area contributed by atoms with E-state index in [4.69, 9.17) is 20.9 Å². The fourth-order valence-corrected chi connectivity index (χ4v) is 8.23. The minimum Gasteiger partial charge on any atom is -0.460 e. The van der Waals surface area contributed by atoms with Gasteiger partial charge in [-0.1, -0.05) is 96.9 Å². The van der Waals surface area contributed by atoms with E-state index in [0.717, 1.165) is 24.0 Å². The van der Waals surface area contributed by atoms with Gasteiger partial charge in [-0.2, -0.15) is 0 Å². The monoisotopic (exact) mass is 1430 g/mol. The van der Waals surface area contributed by atoms with Gasteiger partial charge in [-0.25, -0.2) is 9.59 Å². The number of primary amides is 2. The molecule has 26 nitrogen and oxygen atoms in total. The van der Waals surface area contributed by atoms with E-state index in [9.17, 15) is 57.5 Å². The molecule has 28 heteroatoms. The number of hydrogen-bond acceptors (Lipinski definition) is 14. The van der Waals surface area contributed by atoms with Crippen LogP contribution >= 0.6 is 38.5 Å². The number of benzene rings is 2. The normalized spacial score (nSPS) is 12.4. The van der Waals surface area contributed by atoms with Crippen LogP contribution in [0.1, 0.15) is 151 Å². The highest BCUT2D eigenvalue weighted by Gasteiger charge is 2.31. The fourth-order valence-electron chi connectivity index (χ4n) is 7.76. The molecule has 0 bridgehead atoms. The number of alkyl halides is 2. The molecule has 0 unspecified atom stereocenters. The summed E-state index contributed by atoms with van der Waals surface area (Å²) in [5, 5.41) is 27.3. The number of carbonyl (C=O) groups is 12. The average molecular weight is 1430 g/mol. The molecule has 0 radical (unpaired) electrons. The van der Waals surface area contributed by atoms with E-state index in [-0.39, 0.29) is 105 Å². The van der Waals surface area contributed by atoms with Crippen molar-refractivity contribution in [3.63, 3.8) is 0 Å². The van der Waals surface area contributed by atoms with Crippen LogP contribution in [0.5, 0.6) is 0 Å². The third kappa shape index (κ3) is 36.2. The first-order chi connectivity index (χ1) is 41.8. The maximum atomic E-state index is 13.3. The minimum atomic E-state index is -0.968. The van der Waals surface area contributed by atoms with Gasteiger partial charge in [0.2, 0.25) is 47.3 Å². The lowest BCUT2D eigenvalue weighted by atomic mass is 9.97. The van der Waals surface area contributed by atoms with E-state index in [1.165, 1.54) is 0 Å². The molecule has 12 amide bonds. The summed E-state index contributed by atoms with van der Waals surface area (Å²) in [5.74, 6) is -3.89. The SMILES string of the molecule is CC(C)[C@@H](NC(=O)CCCCCNC(=O)CBr)C(=O)N[C@H](CCCNC(N)=O)C(=O)Nc1ccc(COC(=O)C(C)(C)C)cc1.CC(C)[C@@H](NC(=O)CCCCNC(=O)CI)C(=O)N[C@H](CCCNC(N)=O)C(=O)Nc1ccc(COC(=O)C(C)(C)C)cc1. The molecule has 498 valence electrons. The molecule has 0 aromatic heterocycles. The summed E-state index contributed by atoms with van der Waals surface area (Å²) in [6.45, 7) is 19.4. The van der Waals surface area contributed by atoms with Crippen molar-refractivity contribution < 1.29 is 67.0 Å². The molecule has 0 fully saturated rings. The number of halogens is 2. The highest BCUT2D eigenvalue weighted by atomic mass is 127. The molecular weight excluding hydrogens is 1330 g/mol. The van der Waals surface area contributed by atoms with Gasteiger partial charge in [0, 0.05) is 50.4 Å². The molecule has 0 aliphatic heterocycles. The topological polar surface area (TPSA) is 396 Å². The third-order valence-electron chi connectivity index (χ3n) is 12.9. The van der Waals surface area contributed by atoms with Gasteiger partial charge in [0.15, 0.2) is 0 Å². The molecule has 2 aromatic rings. The lowest BCUT2D eigenvalue weighted by Gasteiger charge is -2.25. The van der Waals surface area contributed by atoms with Gasteiger partial charge >= 0.3 is 24.0 Å². The smallest absolute Gasteiger partial charge is 0.312 e. The standard InChI is InChI=1S/C31H49BrN6O7.C30H47IN6O7/c1-20(2)26(38-24(39)11-7-6-8-16-34-25(40)18-32)28(42)37-23(10-9-17-35-30(33)44)27(41)36-22-14-12-21(13-15-22)19-45-29(43)31(3,4)5;1-19(2)25(37-23(38)10-6-7-15-33-24(39)17-31)27(41)36-22(9-8-16-34-29(32)43)26(40)35-21-13-11-20(12-14-21)18-44-28(42)30(3,4)5/h12-15,20,23,26H,6-11,16-19H2,1-5H3,(H,34,40)(H,36,41)(H,37,42)(H,38,39)(H3,33,35,44);11-14,19,22,25H,6-10,15-18H2,1-5H3,(H,33,39)(H,35,40)(H,36,41)(H,37,38)(H3,32,34,43)/t23-,26-;22-,25-/m11/s1. The molecular formula is C61H96BrIN12O14. The van der Waals surface area contributed by atoms with E-state index in [2.05, 4.69) is 69.1 Å². The number of hydrogen-bond donors (Lipinski definition) is 12. The van der Waals surface area contributed by atoms with Gasteiger partial charge in [0.25, 0.3) is 0 Å². The van der Waals surface area contributed by atoms with Crippen LogP contribution in [-0.4, -0.2) is 131 Å². The zero-order chi connectivity index (χ0) is 67.3. The zero-order valence-corrected chi connectivity index (χ0v) is 56.9. The van der Waals surface area contributed by atoms with Crippen LogP contribution < -0.4 is 64.6 Å². The highest BCUT2D eigenvalue weighted by Crippen LogP contribution is 2.20. The Morgan fingerprint density at radius 1 is 0.461 bits per heavy atom. The van der Waals surface area contributed by atoms with Crippen molar-refractivity contribution in [2.45, 2.75) is 177 Å². The first-order valence-corrected chi connectivity index (χ1v) is 32.5. The Balaban J connectivity index is 0.000000890. The molecule has 0 spiro atoms. The summed E-state index contributed by atoms with van der Waals surface area (Å²) in [6, 6.07) is 8.47. The van der Waals surface area contributed by atoms with Crippen molar-refractivity contribution in [2.75, 3.05) is 46.6 Å². The van der Waals surface area contributed by atoms with Crippen molar-refractivity contribution in [1.29, 1.82) is 0 Å². The van der Waals surface area contributed by atoms with Gasteiger partial charge in [-0.15, -0.1) is 0 Å². The zero-order valence-electron chi connectivity index (χ0n) is 53.1. The second-order valence-electron chi connectivity index (χ2n) is 23.8. The Labute approximate surface area is 545 Å². The van der Waals surface area contributed by atoms with Gasteiger partial charge in [0.05, 0.1) is 20.6 Å². The van der Waals surface area contributed by atoms with E-state index >= 15 is 0 Å². The summed E-state index contributed by atoms with van der Waals surface area (Å²) in [6.07, 6.45) is 4.73. The Hall–Kier alpha value is -7.11. The second kappa shape index (κ2) is 42.8. The van der Waals surface area contributed by atoms with Crippen molar-refractivity contribution in [3.8, 4) is 0 Å². The molecule has 0 heterocycles. The number of ether oxygens (including phenoxy) is 2. The molecule has 89 heavy (non-hydrogen) atoms. The Bertz CT molecular complexity index is 2620. The largest absolute Gasteiger partial charge is 0.460 e. The number of anilines is 2. The van der Waals surface area contributed by atoms with Crippen molar-refractivity contribution in [3.05, 3.63) is 59.7 Å². The predicted molar refractivity (Wildman–Crippen MR) is 351 cm³/mol. The maximum Gasteiger partial charge on any atom is 0.312 e. The number of urea groups is 2. The number of rotatable bonds is 37. The highest BCUT2D eigenvalue weighted by molar-refractivity contribution is 14.1. The first-order valence-electron chi connectivity index (χ1n) is 29.8. The maximum absolute atomic E-state index is 13.3. The molecule has 4 atom stereocenters. The summed E-state index contributed by atoms with van der Waals surface area (Å²) in [7, 11) is 0. The average Bonchev–Trinajstić information content (AvgIpc) is 3.64. The molecule has 2 rings (SSSR count). The number of unbranched alkanes of at least 4 members (excludes halogenated alkanes) is 3. The van der Waals surface area contributed by atoms with Crippen LogP contribution in [-0.2, 0) is 70.6 Å². The van der Waals surface area contributed by atoms with Crippen LogP contribution in [0.25, 0.3) is 0 Å². The molecule has 0 saturated heterocycles. The summed E-state index contributed by atoms with van der Waals surface area (Å²) in [5.41, 5.74) is 11.4. The van der Waals surface area contributed by atoms with Gasteiger partial charge in [-0.05, 0) is 140 Å². The molecule has 0 aliphatic carbocycles. The van der Waals surface area contributed by atoms with E-state index in [1.54, 1.807) is 118 Å². The quantitative estimate of drug-likeness (QED) is 0.0175. The van der Waals surface area contributed by atoms with E-state index in [0.29, 0.717) is 61.0 Å². The molecule has 2 aromatic carbocycles. The predicted octanol–water partition coefficient (Wildman–Crippen LogP) is 5.37. The van der Waals surface area contributed by atoms with Crippen LogP contribution in [0.3, 0.4) is 0 Å². The first kappa shape index (κ1) is 79.9. The minimum absolute atomic E-state index is 0.0634. The lowest BCUT2D eigenvalue weighted by molar-refractivity contribution is -0.155. The van der Waals surface area contributed by atoms with Gasteiger partial charge < -0.3 is 74.1 Å². The van der Waals surface area contributed by atoms with E-state index < -0.39 is 70.7 Å². The Kier molecular flexibility index (Phi) is 38.4. The lowest BCUT2D eigenvalue weighted by Crippen LogP contribution is -2.54. The van der Waals surface area contributed by atoms with Crippen molar-refractivity contribution in [1.82, 2.24) is 42.5 Å². The summed E-state index contributed by atoms with van der Waals surface area (Å²) in [4.78, 5) is 147. The Morgan fingerprint density at radius 3 is 1.15 bits per heavy atom. The summed E-state index contributed by atoms with van der Waals surface area (Å²) >= 11 is 5.06. The number of amides is 12. The molecule has 0 saturated carbocycles.